The third-order valence-corrected chi connectivity index (χ3v) is 4.64. The largest absolute Gasteiger partial charge is 0.469 e. The molecular weight excluding hydrogens is 318 g/mol. The van der Waals surface area contributed by atoms with Crippen LogP contribution in [0.4, 0.5) is 0 Å². The Labute approximate surface area is 119 Å². The van der Waals surface area contributed by atoms with Gasteiger partial charge in [0.15, 0.2) is 0 Å². The summed E-state index contributed by atoms with van der Waals surface area (Å²) < 4.78 is 5.53. The summed E-state index contributed by atoms with van der Waals surface area (Å²) in [7, 11) is 3.10. The molecule has 0 aliphatic rings. The van der Waals surface area contributed by atoms with E-state index in [1.54, 1.807) is 11.9 Å². The first-order chi connectivity index (χ1) is 8.45. The fourth-order valence-corrected chi connectivity index (χ4v) is 2.95. The average Bonchev–Trinajstić information content (AvgIpc) is 2.68. The summed E-state index contributed by atoms with van der Waals surface area (Å²) in [6, 6.07) is 1.87. The van der Waals surface area contributed by atoms with Gasteiger partial charge in [-0.3, -0.25) is 9.59 Å². The Bertz CT molecular complexity index is 425. The zero-order valence-electron chi connectivity index (χ0n) is 10.7. The van der Waals surface area contributed by atoms with Crippen molar-refractivity contribution < 1.29 is 14.3 Å². The summed E-state index contributed by atoms with van der Waals surface area (Å²) in [5.74, 6) is -0.260. The summed E-state index contributed by atoms with van der Waals surface area (Å²) >= 11 is 4.83. The van der Waals surface area contributed by atoms with E-state index < -0.39 is 0 Å². The number of carbonyl (C=O) groups is 2. The predicted octanol–water partition coefficient (Wildman–Crippen LogP) is 2.84. The molecular formula is C12H16BrNO3S. The minimum Gasteiger partial charge on any atom is -0.469 e. The minimum absolute atomic E-state index is 0.0151. The molecule has 18 heavy (non-hydrogen) atoms. The lowest BCUT2D eigenvalue weighted by atomic mass is 10.3. The molecule has 6 heteroatoms. The van der Waals surface area contributed by atoms with Crippen molar-refractivity contribution in [2.75, 3.05) is 20.7 Å². The zero-order chi connectivity index (χ0) is 13.7. The van der Waals surface area contributed by atoms with Crippen molar-refractivity contribution in [2.24, 2.45) is 0 Å². The first-order valence-corrected chi connectivity index (χ1v) is 7.15. The van der Waals surface area contributed by atoms with Crippen molar-refractivity contribution in [1.29, 1.82) is 0 Å². The molecule has 0 saturated carbocycles. The lowest BCUT2D eigenvalue weighted by molar-refractivity contribution is -0.140. The smallest absolute Gasteiger partial charge is 0.305 e. The van der Waals surface area contributed by atoms with Gasteiger partial charge in [-0.1, -0.05) is 0 Å². The maximum absolute atomic E-state index is 12.1. The molecule has 0 spiro atoms. The van der Waals surface area contributed by atoms with Crippen LogP contribution in [-0.4, -0.2) is 37.5 Å². The van der Waals surface area contributed by atoms with Gasteiger partial charge in [0.1, 0.15) is 0 Å². The van der Waals surface area contributed by atoms with Gasteiger partial charge in [-0.2, -0.15) is 0 Å². The molecule has 1 amide bonds. The Kier molecular flexibility index (Phi) is 5.81. The molecule has 0 unspecified atom stereocenters. The van der Waals surface area contributed by atoms with Crippen molar-refractivity contribution >= 4 is 39.1 Å². The number of hydrogen-bond acceptors (Lipinski definition) is 4. The highest BCUT2D eigenvalue weighted by atomic mass is 79.9. The number of halogens is 1. The van der Waals surface area contributed by atoms with Crippen molar-refractivity contribution in [3.05, 3.63) is 20.3 Å². The predicted molar refractivity (Wildman–Crippen MR) is 75.0 cm³/mol. The van der Waals surface area contributed by atoms with Gasteiger partial charge in [-0.25, -0.2) is 0 Å². The van der Waals surface area contributed by atoms with E-state index >= 15 is 0 Å². The van der Waals surface area contributed by atoms with Crippen LogP contribution in [0.2, 0.25) is 0 Å². The monoisotopic (exact) mass is 333 g/mol. The highest BCUT2D eigenvalue weighted by Crippen LogP contribution is 2.28. The molecule has 0 N–H and O–H groups in total. The van der Waals surface area contributed by atoms with Gasteiger partial charge in [0.25, 0.3) is 5.91 Å². The number of rotatable bonds is 5. The first kappa shape index (κ1) is 15.2. The number of aryl methyl sites for hydroxylation is 1. The molecule has 0 aromatic carbocycles. The molecule has 4 nitrogen and oxygen atoms in total. The summed E-state index contributed by atoms with van der Waals surface area (Å²) in [6.07, 6.45) is 0.946. The molecule has 1 heterocycles. The molecule has 100 valence electrons. The second-order valence-corrected chi connectivity index (χ2v) is 6.34. The van der Waals surface area contributed by atoms with Gasteiger partial charge in [0, 0.05) is 20.0 Å². The second kappa shape index (κ2) is 6.89. The zero-order valence-corrected chi connectivity index (χ0v) is 13.1. The number of carbonyl (C=O) groups excluding carboxylic acids is 2. The van der Waals surface area contributed by atoms with Gasteiger partial charge in [0.05, 0.1) is 15.8 Å². The Morgan fingerprint density at radius 1 is 1.50 bits per heavy atom. The minimum atomic E-state index is -0.245. The number of ether oxygens (including phenoxy) is 1. The summed E-state index contributed by atoms with van der Waals surface area (Å²) in [4.78, 5) is 25.3. The average molecular weight is 334 g/mol. The van der Waals surface area contributed by atoms with Crippen LogP contribution in [-0.2, 0) is 9.53 Å². The third kappa shape index (κ3) is 4.10. The van der Waals surface area contributed by atoms with Crippen molar-refractivity contribution in [3.8, 4) is 0 Å². The maximum Gasteiger partial charge on any atom is 0.305 e. The number of hydrogen-bond donors (Lipinski definition) is 0. The van der Waals surface area contributed by atoms with Gasteiger partial charge in [-0.15, -0.1) is 11.3 Å². The number of esters is 1. The molecule has 0 fully saturated rings. The van der Waals surface area contributed by atoms with E-state index in [4.69, 9.17) is 0 Å². The SMILES string of the molecule is COC(=O)CCCN(C)C(=O)c1cc(C)c(Br)s1. The fraction of sp³-hybridized carbons (Fsp3) is 0.500. The van der Waals surface area contributed by atoms with E-state index in [2.05, 4.69) is 20.7 Å². The van der Waals surface area contributed by atoms with E-state index in [1.165, 1.54) is 18.4 Å². The van der Waals surface area contributed by atoms with Crippen LogP contribution in [0, 0.1) is 6.92 Å². The third-order valence-electron chi connectivity index (χ3n) is 2.52. The maximum atomic E-state index is 12.1. The van der Waals surface area contributed by atoms with Gasteiger partial charge >= 0.3 is 5.97 Å². The molecule has 1 aromatic rings. The Morgan fingerprint density at radius 2 is 2.17 bits per heavy atom. The van der Waals surface area contributed by atoms with Gasteiger partial charge in [-0.05, 0) is 40.9 Å². The van der Waals surface area contributed by atoms with Gasteiger partial charge in [0.2, 0.25) is 0 Å². The molecule has 0 saturated heterocycles. The Hall–Kier alpha value is -0.880. The second-order valence-electron chi connectivity index (χ2n) is 3.97. The van der Waals surface area contributed by atoms with E-state index in [-0.39, 0.29) is 11.9 Å². The van der Waals surface area contributed by atoms with Crippen LogP contribution in [0.15, 0.2) is 9.85 Å². The fourth-order valence-electron chi connectivity index (χ4n) is 1.42. The normalized spacial score (nSPS) is 10.2. The molecule has 1 rings (SSSR count). The molecule has 0 bridgehead atoms. The molecule has 0 atom stereocenters. The summed E-state index contributed by atoms with van der Waals surface area (Å²) in [5, 5.41) is 0. The van der Waals surface area contributed by atoms with Crippen LogP contribution in [0.3, 0.4) is 0 Å². The topological polar surface area (TPSA) is 46.6 Å². The number of nitrogens with zero attached hydrogens (tertiary/aromatic N) is 1. The van der Waals surface area contributed by atoms with E-state index in [0.29, 0.717) is 24.3 Å². The molecule has 0 aliphatic carbocycles. The van der Waals surface area contributed by atoms with Gasteiger partial charge < -0.3 is 9.64 Å². The lowest BCUT2D eigenvalue weighted by Gasteiger charge is -2.15. The highest BCUT2D eigenvalue weighted by molar-refractivity contribution is 9.11. The number of thiophene rings is 1. The summed E-state index contributed by atoms with van der Waals surface area (Å²) in [6.45, 7) is 2.50. The number of amides is 1. The van der Waals surface area contributed by atoms with E-state index in [0.717, 1.165) is 9.35 Å². The van der Waals surface area contributed by atoms with Crippen LogP contribution in [0.25, 0.3) is 0 Å². The van der Waals surface area contributed by atoms with E-state index in [1.807, 2.05) is 13.0 Å². The van der Waals surface area contributed by atoms with Crippen LogP contribution >= 0.6 is 27.3 Å². The Morgan fingerprint density at radius 3 is 2.67 bits per heavy atom. The van der Waals surface area contributed by atoms with Crippen LogP contribution < -0.4 is 0 Å². The van der Waals surface area contributed by atoms with E-state index in [9.17, 15) is 9.59 Å². The molecule has 0 radical (unpaired) electrons. The van der Waals surface area contributed by atoms with Crippen molar-refractivity contribution in [1.82, 2.24) is 4.90 Å². The highest BCUT2D eigenvalue weighted by Gasteiger charge is 2.15. The molecule has 0 aliphatic heterocycles. The van der Waals surface area contributed by atoms with Crippen molar-refractivity contribution in [3.63, 3.8) is 0 Å². The first-order valence-electron chi connectivity index (χ1n) is 5.54. The van der Waals surface area contributed by atoms with Crippen molar-refractivity contribution in [2.45, 2.75) is 19.8 Å². The van der Waals surface area contributed by atoms with Crippen LogP contribution in [0.1, 0.15) is 28.1 Å². The summed E-state index contributed by atoms with van der Waals surface area (Å²) in [5.41, 5.74) is 1.06. The van der Waals surface area contributed by atoms with Crippen LogP contribution in [0.5, 0.6) is 0 Å². The standard InChI is InChI=1S/C12H16BrNO3S/c1-8-7-9(18-11(8)13)12(16)14(2)6-4-5-10(15)17-3/h7H,4-6H2,1-3H3. The quantitative estimate of drug-likeness (QED) is 0.778. The number of methoxy groups -OCH3 is 1. The molecule has 1 aromatic heterocycles. The Balaban J connectivity index is 2.49. The lowest BCUT2D eigenvalue weighted by Crippen LogP contribution is -2.27.